The van der Waals surface area contributed by atoms with Crippen LogP contribution in [0.15, 0.2) is 42.6 Å². The van der Waals surface area contributed by atoms with Crippen molar-refractivity contribution >= 4 is 17.8 Å². The summed E-state index contributed by atoms with van der Waals surface area (Å²) in [7, 11) is 0. The van der Waals surface area contributed by atoms with Gasteiger partial charge in [0.05, 0.1) is 11.9 Å². The van der Waals surface area contributed by atoms with E-state index in [1.165, 1.54) is 5.56 Å². The second-order valence-corrected chi connectivity index (χ2v) is 9.06. The molecule has 0 atom stereocenters. The molecule has 32 heavy (non-hydrogen) atoms. The van der Waals surface area contributed by atoms with Crippen LogP contribution in [0.2, 0.25) is 0 Å². The zero-order valence-corrected chi connectivity index (χ0v) is 19.4. The highest BCUT2D eigenvalue weighted by Gasteiger charge is 2.25. The molecular weight excluding hydrogens is 406 g/mol. The molecule has 0 aliphatic carbocycles. The first kappa shape index (κ1) is 23.5. The maximum atomic E-state index is 12.2. The number of urea groups is 1. The molecule has 1 aliphatic heterocycles. The van der Waals surface area contributed by atoms with Gasteiger partial charge in [0, 0.05) is 45.0 Å². The largest absolute Gasteiger partial charge is 0.444 e. The van der Waals surface area contributed by atoms with Gasteiger partial charge in [-0.3, -0.25) is 9.88 Å². The molecule has 3 amide bonds. The molecule has 0 bridgehead atoms. The van der Waals surface area contributed by atoms with E-state index in [9.17, 15) is 9.59 Å². The summed E-state index contributed by atoms with van der Waals surface area (Å²) in [6.45, 7) is 11.7. The molecule has 8 heteroatoms. The summed E-state index contributed by atoms with van der Waals surface area (Å²) >= 11 is 0. The number of hydrogen-bond donors (Lipinski definition) is 2. The van der Waals surface area contributed by atoms with E-state index in [1.807, 2.05) is 52.0 Å². The number of benzene rings is 1. The number of ether oxygens (including phenoxy) is 1. The molecule has 1 aromatic carbocycles. The lowest BCUT2D eigenvalue weighted by Gasteiger charge is -2.35. The number of anilines is 1. The molecule has 1 saturated heterocycles. The quantitative estimate of drug-likeness (QED) is 0.741. The molecule has 2 N–H and O–H groups in total. The number of carbonyl (C=O) groups is 2. The third-order valence-corrected chi connectivity index (χ3v) is 5.04. The van der Waals surface area contributed by atoms with Gasteiger partial charge in [-0.2, -0.15) is 0 Å². The van der Waals surface area contributed by atoms with Crippen molar-refractivity contribution < 1.29 is 14.3 Å². The Morgan fingerprint density at radius 3 is 2.44 bits per heavy atom. The Balaban J connectivity index is 1.44. The van der Waals surface area contributed by atoms with E-state index in [0.717, 1.165) is 30.9 Å². The van der Waals surface area contributed by atoms with Crippen molar-refractivity contribution in [2.75, 3.05) is 31.5 Å². The van der Waals surface area contributed by atoms with Crippen molar-refractivity contribution in [3.8, 4) is 0 Å². The number of pyridine rings is 1. The van der Waals surface area contributed by atoms with Crippen LogP contribution in [0.4, 0.5) is 15.3 Å². The highest BCUT2D eigenvalue weighted by Crippen LogP contribution is 2.14. The van der Waals surface area contributed by atoms with Gasteiger partial charge >= 0.3 is 12.1 Å². The lowest BCUT2D eigenvalue weighted by molar-refractivity contribution is 0.0139. The summed E-state index contributed by atoms with van der Waals surface area (Å²) in [5.74, 6) is 0. The summed E-state index contributed by atoms with van der Waals surface area (Å²) in [4.78, 5) is 32.6. The first-order chi connectivity index (χ1) is 15.2. The number of nitrogens with zero attached hydrogens (tertiary/aromatic N) is 3. The molecular formula is C24H33N5O3. The highest BCUT2D eigenvalue weighted by molar-refractivity contribution is 5.88. The van der Waals surface area contributed by atoms with Gasteiger partial charge < -0.3 is 20.3 Å². The lowest BCUT2D eigenvalue weighted by atomic mass is 10.1. The molecule has 1 aliphatic rings. The summed E-state index contributed by atoms with van der Waals surface area (Å²) in [6, 6.07) is 11.6. The molecule has 172 valence electrons. The highest BCUT2D eigenvalue weighted by atomic mass is 16.6. The lowest BCUT2D eigenvalue weighted by Crippen LogP contribution is -2.49. The van der Waals surface area contributed by atoms with Crippen molar-refractivity contribution in [2.45, 2.75) is 46.4 Å². The fraction of sp³-hybridized carbons (Fsp3) is 0.458. The summed E-state index contributed by atoms with van der Waals surface area (Å²) < 4.78 is 5.46. The van der Waals surface area contributed by atoms with Crippen LogP contribution in [-0.2, 0) is 17.8 Å². The van der Waals surface area contributed by atoms with E-state index >= 15 is 0 Å². The second-order valence-electron chi connectivity index (χ2n) is 9.06. The molecule has 0 unspecified atom stereocenters. The van der Waals surface area contributed by atoms with Crippen LogP contribution < -0.4 is 10.6 Å². The Bertz CT molecular complexity index is 916. The molecule has 1 fully saturated rings. The van der Waals surface area contributed by atoms with Gasteiger partial charge in [0.1, 0.15) is 5.60 Å². The second kappa shape index (κ2) is 10.5. The Hall–Kier alpha value is -3.13. The van der Waals surface area contributed by atoms with E-state index in [4.69, 9.17) is 4.74 Å². The Morgan fingerprint density at radius 2 is 1.78 bits per heavy atom. The van der Waals surface area contributed by atoms with Gasteiger partial charge in [0.2, 0.25) is 0 Å². The number of carbonyl (C=O) groups excluding carboxylic acids is 2. The first-order valence-corrected chi connectivity index (χ1v) is 10.9. The molecule has 2 heterocycles. The van der Waals surface area contributed by atoms with Crippen LogP contribution in [0.3, 0.4) is 0 Å². The van der Waals surface area contributed by atoms with Gasteiger partial charge in [-0.25, -0.2) is 9.59 Å². The predicted molar refractivity (Wildman–Crippen MR) is 124 cm³/mol. The average Bonchev–Trinajstić information content (AvgIpc) is 2.73. The van der Waals surface area contributed by atoms with E-state index in [0.29, 0.717) is 25.3 Å². The van der Waals surface area contributed by atoms with E-state index in [2.05, 4.69) is 32.7 Å². The summed E-state index contributed by atoms with van der Waals surface area (Å²) in [5, 5.41) is 5.66. The molecule has 0 spiro atoms. The number of aryl methyl sites for hydroxylation is 1. The van der Waals surface area contributed by atoms with Gasteiger partial charge in [0.15, 0.2) is 0 Å². The fourth-order valence-corrected chi connectivity index (χ4v) is 3.41. The van der Waals surface area contributed by atoms with E-state index in [-0.39, 0.29) is 12.1 Å². The maximum absolute atomic E-state index is 12.2. The number of piperazine rings is 1. The molecule has 0 radical (unpaired) electrons. The third kappa shape index (κ3) is 7.53. The number of hydrogen-bond acceptors (Lipinski definition) is 5. The fourth-order valence-electron chi connectivity index (χ4n) is 3.41. The summed E-state index contributed by atoms with van der Waals surface area (Å²) in [5.41, 5.74) is 3.30. The SMILES string of the molecule is Cc1ccc(NC(=O)NCc2cccc(CN3CCN(C(=O)OC(C)(C)C)CC3)c2)cn1. The van der Waals surface area contributed by atoms with Crippen LogP contribution in [-0.4, -0.2) is 58.7 Å². The van der Waals surface area contributed by atoms with Gasteiger partial charge in [-0.15, -0.1) is 0 Å². The number of nitrogens with one attached hydrogen (secondary N) is 2. The van der Waals surface area contributed by atoms with E-state index < -0.39 is 5.60 Å². The Morgan fingerprint density at radius 1 is 1.06 bits per heavy atom. The minimum Gasteiger partial charge on any atom is -0.444 e. The molecule has 1 aromatic heterocycles. The predicted octanol–water partition coefficient (Wildman–Crippen LogP) is 3.76. The van der Waals surface area contributed by atoms with E-state index in [1.54, 1.807) is 11.1 Å². The first-order valence-electron chi connectivity index (χ1n) is 10.9. The van der Waals surface area contributed by atoms with Crippen molar-refractivity contribution in [3.63, 3.8) is 0 Å². The van der Waals surface area contributed by atoms with Crippen molar-refractivity contribution in [1.29, 1.82) is 0 Å². The van der Waals surface area contributed by atoms with Crippen molar-refractivity contribution in [2.24, 2.45) is 0 Å². The number of rotatable bonds is 5. The molecule has 0 saturated carbocycles. The van der Waals surface area contributed by atoms with Crippen LogP contribution in [0.25, 0.3) is 0 Å². The number of amides is 3. The Kier molecular flexibility index (Phi) is 7.69. The zero-order valence-electron chi connectivity index (χ0n) is 19.4. The van der Waals surface area contributed by atoms with Crippen molar-refractivity contribution in [3.05, 3.63) is 59.4 Å². The number of aromatic nitrogens is 1. The zero-order chi connectivity index (χ0) is 23.1. The molecule has 8 nitrogen and oxygen atoms in total. The third-order valence-electron chi connectivity index (χ3n) is 5.04. The van der Waals surface area contributed by atoms with Crippen LogP contribution in [0.5, 0.6) is 0 Å². The van der Waals surface area contributed by atoms with Gasteiger partial charge in [-0.05, 0) is 51.0 Å². The normalized spacial score (nSPS) is 14.7. The van der Waals surface area contributed by atoms with Crippen LogP contribution in [0.1, 0.15) is 37.6 Å². The average molecular weight is 440 g/mol. The van der Waals surface area contributed by atoms with Gasteiger partial charge in [-0.1, -0.05) is 24.3 Å². The minimum absolute atomic E-state index is 0.245. The maximum Gasteiger partial charge on any atom is 0.410 e. The Labute approximate surface area is 190 Å². The summed E-state index contributed by atoms with van der Waals surface area (Å²) in [6.07, 6.45) is 1.39. The monoisotopic (exact) mass is 439 g/mol. The standard InChI is InChI=1S/C24H33N5O3/c1-18-8-9-21(16-25-18)27-22(30)26-15-19-6-5-7-20(14-19)17-28-10-12-29(13-11-28)23(31)32-24(2,3)4/h5-9,14,16H,10-13,15,17H2,1-4H3,(H2,26,27,30). The van der Waals surface area contributed by atoms with Gasteiger partial charge in [0.25, 0.3) is 0 Å². The van der Waals surface area contributed by atoms with Crippen LogP contribution >= 0.6 is 0 Å². The smallest absolute Gasteiger partial charge is 0.410 e. The molecule has 2 aromatic rings. The molecule has 3 rings (SSSR count). The topological polar surface area (TPSA) is 86.8 Å². The van der Waals surface area contributed by atoms with Crippen molar-refractivity contribution in [1.82, 2.24) is 20.1 Å². The van der Waals surface area contributed by atoms with Crippen LogP contribution in [0, 0.1) is 6.92 Å². The minimum atomic E-state index is -0.476.